The molecule has 2 rings (SSSR count). The second-order valence-corrected chi connectivity index (χ2v) is 5.14. The van der Waals surface area contributed by atoms with E-state index >= 15 is 0 Å². The van der Waals surface area contributed by atoms with Crippen molar-refractivity contribution in [3.63, 3.8) is 0 Å². The molecule has 0 aromatic heterocycles. The lowest BCUT2D eigenvalue weighted by Crippen LogP contribution is -2.38. The number of piperidine rings is 1. The Morgan fingerprint density at radius 3 is 2.95 bits per heavy atom. The third-order valence-corrected chi connectivity index (χ3v) is 3.71. The Morgan fingerprint density at radius 2 is 2.25 bits per heavy atom. The van der Waals surface area contributed by atoms with E-state index in [1.165, 1.54) is 7.11 Å². The van der Waals surface area contributed by atoms with Crippen molar-refractivity contribution in [2.75, 3.05) is 44.5 Å². The average Bonchev–Trinajstić information content (AvgIpc) is 2.46. The number of hydrogen-bond donors (Lipinski definition) is 1. The summed E-state index contributed by atoms with van der Waals surface area (Å²) in [4.78, 5) is 14.1. The van der Waals surface area contributed by atoms with Gasteiger partial charge in [-0.1, -0.05) is 6.07 Å². The molecule has 1 atom stereocenters. The second-order valence-electron chi connectivity index (χ2n) is 5.14. The maximum absolute atomic E-state index is 11.9. The number of carbonyl (C=O) groups excluding carboxylic acids is 1. The summed E-state index contributed by atoms with van der Waals surface area (Å²) >= 11 is 0. The fourth-order valence-corrected chi connectivity index (χ4v) is 2.83. The highest BCUT2D eigenvalue weighted by Gasteiger charge is 2.25. The first-order valence-electron chi connectivity index (χ1n) is 6.88. The molecule has 0 spiro atoms. The van der Waals surface area contributed by atoms with E-state index in [2.05, 4.69) is 4.90 Å². The van der Waals surface area contributed by atoms with Gasteiger partial charge in [-0.2, -0.15) is 0 Å². The average molecular weight is 278 g/mol. The Hall–Kier alpha value is -1.75. The zero-order valence-corrected chi connectivity index (χ0v) is 12.1. The number of para-hydroxylation sites is 1. The number of nitrogens with zero attached hydrogens (tertiary/aromatic N) is 1. The number of anilines is 2. The van der Waals surface area contributed by atoms with Crippen LogP contribution in [-0.4, -0.2) is 39.9 Å². The Morgan fingerprint density at radius 1 is 1.45 bits per heavy atom. The summed E-state index contributed by atoms with van der Waals surface area (Å²) in [5.74, 6) is 0.125. The van der Waals surface area contributed by atoms with Crippen molar-refractivity contribution in [2.45, 2.75) is 12.8 Å². The Labute approximate surface area is 119 Å². The lowest BCUT2D eigenvalue weighted by molar-refractivity contribution is 0.0601. The van der Waals surface area contributed by atoms with Crippen molar-refractivity contribution < 1.29 is 14.3 Å². The predicted octanol–water partition coefficient (Wildman–Crippen LogP) is 1.92. The lowest BCUT2D eigenvalue weighted by atomic mass is 9.97. The molecule has 1 aliphatic rings. The first-order chi connectivity index (χ1) is 9.67. The molecule has 5 heteroatoms. The van der Waals surface area contributed by atoms with Gasteiger partial charge in [-0.3, -0.25) is 0 Å². The summed E-state index contributed by atoms with van der Waals surface area (Å²) in [7, 11) is 3.11. The highest BCUT2D eigenvalue weighted by atomic mass is 16.5. The number of hydrogen-bond acceptors (Lipinski definition) is 5. The Balaban J connectivity index is 2.29. The zero-order chi connectivity index (χ0) is 14.5. The summed E-state index contributed by atoms with van der Waals surface area (Å²) < 4.78 is 10.1. The first kappa shape index (κ1) is 14.7. The van der Waals surface area contributed by atoms with Gasteiger partial charge < -0.3 is 20.1 Å². The van der Waals surface area contributed by atoms with Gasteiger partial charge in [0.25, 0.3) is 0 Å². The van der Waals surface area contributed by atoms with Crippen LogP contribution in [0.4, 0.5) is 11.4 Å². The van der Waals surface area contributed by atoms with Gasteiger partial charge in [0, 0.05) is 20.2 Å². The number of rotatable bonds is 4. The van der Waals surface area contributed by atoms with E-state index in [-0.39, 0.29) is 5.97 Å². The number of nitrogen functional groups attached to an aromatic ring is 1. The molecule has 0 saturated carbocycles. The van der Waals surface area contributed by atoms with E-state index in [4.69, 9.17) is 15.2 Å². The Bertz CT molecular complexity index is 474. The van der Waals surface area contributed by atoms with Crippen molar-refractivity contribution in [3.05, 3.63) is 23.8 Å². The largest absolute Gasteiger partial charge is 0.465 e. The molecule has 0 amide bonds. The van der Waals surface area contributed by atoms with E-state index in [9.17, 15) is 4.79 Å². The summed E-state index contributed by atoms with van der Waals surface area (Å²) in [6.45, 7) is 2.49. The van der Waals surface area contributed by atoms with Crippen molar-refractivity contribution >= 4 is 17.3 Å². The predicted molar refractivity (Wildman–Crippen MR) is 79.0 cm³/mol. The molecule has 1 heterocycles. The smallest absolute Gasteiger partial charge is 0.340 e. The fraction of sp³-hybridized carbons (Fsp3) is 0.533. The molecular weight excluding hydrogens is 256 g/mol. The van der Waals surface area contributed by atoms with Crippen LogP contribution in [0.1, 0.15) is 23.2 Å². The summed E-state index contributed by atoms with van der Waals surface area (Å²) in [5, 5.41) is 0. The Kier molecular flexibility index (Phi) is 4.84. The molecule has 1 unspecified atom stereocenters. The van der Waals surface area contributed by atoms with Crippen LogP contribution in [0.2, 0.25) is 0 Å². The van der Waals surface area contributed by atoms with Crippen LogP contribution in [-0.2, 0) is 9.47 Å². The maximum atomic E-state index is 11.9. The van der Waals surface area contributed by atoms with Crippen LogP contribution in [0.3, 0.4) is 0 Å². The van der Waals surface area contributed by atoms with E-state index in [1.54, 1.807) is 19.2 Å². The van der Waals surface area contributed by atoms with Crippen LogP contribution in [0.25, 0.3) is 0 Å². The second kappa shape index (κ2) is 6.61. The molecule has 0 aliphatic carbocycles. The fourth-order valence-electron chi connectivity index (χ4n) is 2.83. The minimum atomic E-state index is -0.346. The SMILES string of the molecule is COCC1CCCN(c2c(N)cccc2C(=O)OC)C1. The molecule has 5 nitrogen and oxygen atoms in total. The monoisotopic (exact) mass is 278 g/mol. The number of ether oxygens (including phenoxy) is 2. The van der Waals surface area contributed by atoms with Gasteiger partial charge in [0.2, 0.25) is 0 Å². The van der Waals surface area contributed by atoms with Gasteiger partial charge in [-0.25, -0.2) is 4.79 Å². The molecule has 1 saturated heterocycles. The van der Waals surface area contributed by atoms with Gasteiger partial charge in [0.1, 0.15) is 0 Å². The number of benzene rings is 1. The van der Waals surface area contributed by atoms with Crippen LogP contribution >= 0.6 is 0 Å². The highest BCUT2D eigenvalue weighted by molar-refractivity contribution is 5.99. The van der Waals surface area contributed by atoms with Crippen LogP contribution in [0, 0.1) is 5.92 Å². The third-order valence-electron chi connectivity index (χ3n) is 3.71. The van der Waals surface area contributed by atoms with Crippen molar-refractivity contribution in [3.8, 4) is 0 Å². The van der Waals surface area contributed by atoms with E-state index < -0.39 is 0 Å². The molecule has 20 heavy (non-hydrogen) atoms. The van der Waals surface area contributed by atoms with Gasteiger partial charge in [-0.15, -0.1) is 0 Å². The minimum Gasteiger partial charge on any atom is -0.465 e. The molecular formula is C15H22N2O3. The van der Waals surface area contributed by atoms with Crippen molar-refractivity contribution in [2.24, 2.45) is 5.92 Å². The van der Waals surface area contributed by atoms with Gasteiger partial charge in [0.15, 0.2) is 0 Å². The molecule has 2 N–H and O–H groups in total. The van der Waals surface area contributed by atoms with Crippen LogP contribution < -0.4 is 10.6 Å². The van der Waals surface area contributed by atoms with Crippen LogP contribution in [0.15, 0.2) is 18.2 Å². The molecule has 1 fully saturated rings. The van der Waals surface area contributed by atoms with E-state index in [1.807, 2.05) is 6.07 Å². The highest BCUT2D eigenvalue weighted by Crippen LogP contribution is 2.32. The van der Waals surface area contributed by atoms with Crippen molar-refractivity contribution in [1.82, 2.24) is 0 Å². The van der Waals surface area contributed by atoms with Crippen molar-refractivity contribution in [1.29, 1.82) is 0 Å². The number of nitrogens with two attached hydrogens (primary N) is 1. The third kappa shape index (κ3) is 3.04. The molecule has 0 radical (unpaired) electrons. The standard InChI is InChI=1S/C15H22N2O3/c1-19-10-11-5-4-8-17(9-11)14-12(15(18)20-2)6-3-7-13(14)16/h3,6-7,11H,4-5,8-10,16H2,1-2H3. The van der Waals surface area contributed by atoms with Gasteiger partial charge in [0.05, 0.1) is 30.7 Å². The quantitative estimate of drug-likeness (QED) is 0.673. The molecule has 110 valence electrons. The first-order valence-corrected chi connectivity index (χ1v) is 6.88. The summed E-state index contributed by atoms with van der Waals surface area (Å²) in [5.41, 5.74) is 8.02. The van der Waals surface area contributed by atoms with E-state index in [0.717, 1.165) is 38.2 Å². The summed E-state index contributed by atoms with van der Waals surface area (Å²) in [6.07, 6.45) is 2.22. The van der Waals surface area contributed by atoms with Gasteiger partial charge in [-0.05, 0) is 30.9 Å². The number of esters is 1. The molecule has 1 aromatic rings. The van der Waals surface area contributed by atoms with Gasteiger partial charge >= 0.3 is 5.97 Å². The molecule has 0 bridgehead atoms. The number of carbonyl (C=O) groups is 1. The lowest BCUT2D eigenvalue weighted by Gasteiger charge is -2.35. The van der Waals surface area contributed by atoms with E-state index in [0.29, 0.717) is 17.2 Å². The molecule has 1 aromatic carbocycles. The zero-order valence-electron chi connectivity index (χ0n) is 12.1. The topological polar surface area (TPSA) is 64.8 Å². The normalized spacial score (nSPS) is 18.9. The maximum Gasteiger partial charge on any atom is 0.340 e. The number of methoxy groups -OCH3 is 2. The minimum absolute atomic E-state index is 0.346. The van der Waals surface area contributed by atoms with Crippen LogP contribution in [0.5, 0.6) is 0 Å². The summed E-state index contributed by atoms with van der Waals surface area (Å²) in [6, 6.07) is 5.36. The molecule has 1 aliphatic heterocycles.